The standard InChI is InChI=1S/C18H16N2OS/c1-13-16(17(21)19-12-14-8-4-2-5-9-14)22-18(20-13)15-10-6-3-7-11-15/h2-11H,12H2,1H3,(H,19,21). The summed E-state index contributed by atoms with van der Waals surface area (Å²) in [6.45, 7) is 2.40. The van der Waals surface area contributed by atoms with Crippen LogP contribution in [-0.2, 0) is 6.54 Å². The molecule has 0 saturated heterocycles. The minimum Gasteiger partial charge on any atom is -0.347 e. The summed E-state index contributed by atoms with van der Waals surface area (Å²) in [5.41, 5.74) is 2.90. The Morgan fingerprint density at radius 2 is 1.68 bits per heavy atom. The molecule has 0 fully saturated rings. The van der Waals surface area contributed by atoms with Crippen LogP contribution in [0.2, 0.25) is 0 Å². The summed E-state index contributed by atoms with van der Waals surface area (Å²) in [5.74, 6) is -0.0685. The van der Waals surface area contributed by atoms with Crippen LogP contribution >= 0.6 is 11.3 Å². The van der Waals surface area contributed by atoms with E-state index in [0.29, 0.717) is 11.4 Å². The van der Waals surface area contributed by atoms with Gasteiger partial charge in [-0.15, -0.1) is 11.3 Å². The van der Waals surface area contributed by atoms with Gasteiger partial charge in [0.25, 0.3) is 5.91 Å². The van der Waals surface area contributed by atoms with Crippen LogP contribution < -0.4 is 5.32 Å². The van der Waals surface area contributed by atoms with E-state index >= 15 is 0 Å². The fourth-order valence-electron chi connectivity index (χ4n) is 2.17. The lowest BCUT2D eigenvalue weighted by Gasteiger charge is -2.03. The molecule has 110 valence electrons. The summed E-state index contributed by atoms with van der Waals surface area (Å²) in [6, 6.07) is 19.8. The molecule has 1 amide bonds. The van der Waals surface area contributed by atoms with Crippen molar-refractivity contribution in [1.29, 1.82) is 0 Å². The minimum absolute atomic E-state index is 0.0685. The molecule has 0 bridgehead atoms. The first kappa shape index (κ1) is 14.5. The largest absolute Gasteiger partial charge is 0.347 e. The van der Waals surface area contributed by atoms with Crippen LogP contribution in [0.15, 0.2) is 60.7 Å². The Kier molecular flexibility index (Phi) is 4.30. The van der Waals surface area contributed by atoms with Crippen LogP contribution in [0.3, 0.4) is 0 Å². The summed E-state index contributed by atoms with van der Waals surface area (Å²) in [6.07, 6.45) is 0. The first-order valence-electron chi connectivity index (χ1n) is 7.09. The highest BCUT2D eigenvalue weighted by Gasteiger charge is 2.15. The van der Waals surface area contributed by atoms with Gasteiger partial charge in [0.1, 0.15) is 9.88 Å². The smallest absolute Gasteiger partial charge is 0.263 e. The Bertz CT molecular complexity index is 766. The molecule has 0 aliphatic carbocycles. The lowest BCUT2D eigenvalue weighted by molar-refractivity contribution is 0.0954. The van der Waals surface area contributed by atoms with Gasteiger partial charge in [0, 0.05) is 12.1 Å². The first-order valence-corrected chi connectivity index (χ1v) is 7.90. The van der Waals surface area contributed by atoms with Crippen LogP contribution in [0.1, 0.15) is 20.9 Å². The van der Waals surface area contributed by atoms with Crippen LogP contribution in [0.4, 0.5) is 0 Å². The Morgan fingerprint density at radius 1 is 1.05 bits per heavy atom. The number of carbonyl (C=O) groups is 1. The zero-order chi connectivity index (χ0) is 15.4. The Balaban J connectivity index is 1.74. The fraction of sp³-hybridized carbons (Fsp3) is 0.111. The molecule has 4 heteroatoms. The van der Waals surface area contributed by atoms with Gasteiger partial charge >= 0.3 is 0 Å². The summed E-state index contributed by atoms with van der Waals surface area (Å²) in [4.78, 5) is 17.5. The predicted molar refractivity (Wildman–Crippen MR) is 89.9 cm³/mol. The number of hydrogen-bond acceptors (Lipinski definition) is 3. The van der Waals surface area contributed by atoms with E-state index in [1.54, 1.807) is 0 Å². The van der Waals surface area contributed by atoms with Crippen molar-refractivity contribution in [3.63, 3.8) is 0 Å². The summed E-state index contributed by atoms with van der Waals surface area (Å²) < 4.78 is 0. The van der Waals surface area contributed by atoms with Crippen molar-refractivity contribution in [3.05, 3.63) is 76.8 Å². The van der Waals surface area contributed by atoms with E-state index in [0.717, 1.165) is 21.8 Å². The monoisotopic (exact) mass is 308 g/mol. The molecule has 2 aromatic carbocycles. The quantitative estimate of drug-likeness (QED) is 0.790. The maximum Gasteiger partial charge on any atom is 0.263 e. The number of nitrogens with one attached hydrogen (secondary N) is 1. The highest BCUT2D eigenvalue weighted by Crippen LogP contribution is 2.27. The number of rotatable bonds is 4. The van der Waals surface area contributed by atoms with Crippen molar-refractivity contribution in [3.8, 4) is 10.6 Å². The molecule has 1 aromatic heterocycles. The maximum atomic E-state index is 12.3. The number of benzene rings is 2. The Hall–Kier alpha value is -2.46. The van der Waals surface area contributed by atoms with Gasteiger partial charge in [-0.05, 0) is 12.5 Å². The molecule has 3 aromatic rings. The summed E-state index contributed by atoms with van der Waals surface area (Å²) >= 11 is 1.43. The van der Waals surface area contributed by atoms with Crippen LogP contribution in [0.5, 0.6) is 0 Å². The highest BCUT2D eigenvalue weighted by atomic mass is 32.1. The molecule has 0 aliphatic rings. The topological polar surface area (TPSA) is 42.0 Å². The van der Waals surface area contributed by atoms with Gasteiger partial charge in [-0.25, -0.2) is 4.98 Å². The highest BCUT2D eigenvalue weighted by molar-refractivity contribution is 7.17. The lowest BCUT2D eigenvalue weighted by Crippen LogP contribution is -2.22. The first-order chi connectivity index (χ1) is 10.7. The normalized spacial score (nSPS) is 10.4. The van der Waals surface area contributed by atoms with Crippen molar-refractivity contribution in [1.82, 2.24) is 10.3 Å². The summed E-state index contributed by atoms with van der Waals surface area (Å²) in [5, 5.41) is 3.83. The molecule has 1 N–H and O–H groups in total. The van der Waals surface area contributed by atoms with Crippen LogP contribution in [0.25, 0.3) is 10.6 Å². The number of aromatic nitrogens is 1. The van der Waals surface area contributed by atoms with Gasteiger partial charge < -0.3 is 5.32 Å². The molecule has 3 rings (SSSR count). The van der Waals surface area contributed by atoms with Gasteiger partial charge in [-0.2, -0.15) is 0 Å². The second kappa shape index (κ2) is 6.54. The van der Waals surface area contributed by atoms with Gasteiger partial charge in [0.2, 0.25) is 0 Å². The second-order valence-corrected chi connectivity index (χ2v) is 5.97. The Morgan fingerprint density at radius 3 is 2.36 bits per heavy atom. The van der Waals surface area contributed by atoms with Crippen LogP contribution in [0, 0.1) is 6.92 Å². The maximum absolute atomic E-state index is 12.3. The van der Waals surface area contributed by atoms with Gasteiger partial charge in [0.05, 0.1) is 5.69 Å². The molecular weight excluding hydrogens is 292 g/mol. The number of thiazole rings is 1. The molecule has 1 heterocycles. The van der Waals surface area contributed by atoms with E-state index in [1.807, 2.05) is 67.6 Å². The molecule has 0 saturated carbocycles. The average Bonchev–Trinajstić information content (AvgIpc) is 2.96. The number of hydrogen-bond donors (Lipinski definition) is 1. The molecule has 0 unspecified atom stereocenters. The van der Waals surface area contributed by atoms with E-state index < -0.39 is 0 Å². The third-order valence-electron chi connectivity index (χ3n) is 3.32. The molecule has 0 radical (unpaired) electrons. The second-order valence-electron chi connectivity index (χ2n) is 4.97. The molecule has 0 aliphatic heterocycles. The number of aryl methyl sites for hydroxylation is 1. The predicted octanol–water partition coefficient (Wildman–Crippen LogP) is 4.05. The van der Waals surface area contributed by atoms with Gasteiger partial charge in [0.15, 0.2) is 0 Å². The molecule has 0 atom stereocenters. The third-order valence-corrected chi connectivity index (χ3v) is 4.52. The molecular formula is C18H16N2OS. The zero-order valence-electron chi connectivity index (χ0n) is 12.2. The van der Waals surface area contributed by atoms with Crippen molar-refractivity contribution in [2.45, 2.75) is 13.5 Å². The van der Waals surface area contributed by atoms with Crippen LogP contribution in [-0.4, -0.2) is 10.9 Å². The number of carbonyl (C=O) groups excluding carboxylic acids is 1. The van der Waals surface area contributed by atoms with Gasteiger partial charge in [-0.1, -0.05) is 60.7 Å². The van der Waals surface area contributed by atoms with Crippen molar-refractivity contribution < 1.29 is 4.79 Å². The summed E-state index contributed by atoms with van der Waals surface area (Å²) in [7, 11) is 0. The van der Waals surface area contributed by atoms with Gasteiger partial charge in [-0.3, -0.25) is 4.79 Å². The van der Waals surface area contributed by atoms with Crippen molar-refractivity contribution in [2.24, 2.45) is 0 Å². The number of nitrogens with zero attached hydrogens (tertiary/aromatic N) is 1. The van der Waals surface area contributed by atoms with E-state index in [2.05, 4.69) is 10.3 Å². The SMILES string of the molecule is Cc1nc(-c2ccccc2)sc1C(=O)NCc1ccccc1. The number of amides is 1. The third kappa shape index (κ3) is 3.23. The van der Waals surface area contributed by atoms with Crippen molar-refractivity contribution >= 4 is 17.2 Å². The van der Waals surface area contributed by atoms with E-state index in [-0.39, 0.29) is 5.91 Å². The van der Waals surface area contributed by atoms with E-state index in [1.165, 1.54) is 11.3 Å². The zero-order valence-corrected chi connectivity index (χ0v) is 13.1. The van der Waals surface area contributed by atoms with E-state index in [4.69, 9.17) is 0 Å². The van der Waals surface area contributed by atoms with E-state index in [9.17, 15) is 4.79 Å². The fourth-order valence-corrected chi connectivity index (χ4v) is 3.16. The molecule has 22 heavy (non-hydrogen) atoms. The molecule has 0 spiro atoms. The molecule has 3 nitrogen and oxygen atoms in total. The van der Waals surface area contributed by atoms with Crippen molar-refractivity contribution in [2.75, 3.05) is 0 Å². The minimum atomic E-state index is -0.0685. The Labute approximate surface area is 133 Å². The lowest BCUT2D eigenvalue weighted by atomic mass is 10.2. The average molecular weight is 308 g/mol.